The minimum atomic E-state index is -4.57. The molecule has 2 N–H and O–H groups in total. The molecule has 0 aromatic heterocycles. The summed E-state index contributed by atoms with van der Waals surface area (Å²) in [5.74, 6) is -0.809. The lowest BCUT2D eigenvalue weighted by molar-refractivity contribution is -0.137. The number of hydrogen-bond donors (Lipinski definition) is 2. The first-order valence-corrected chi connectivity index (χ1v) is 9.79. The average Bonchev–Trinajstić information content (AvgIpc) is 3.44. The van der Waals surface area contributed by atoms with Gasteiger partial charge in [-0.2, -0.15) is 13.2 Å². The minimum Gasteiger partial charge on any atom is -0.349 e. The predicted molar refractivity (Wildman–Crippen MR) is 103 cm³/mol. The first kappa shape index (κ1) is 20.5. The molecule has 0 heterocycles. The van der Waals surface area contributed by atoms with E-state index in [9.17, 15) is 22.8 Å². The van der Waals surface area contributed by atoms with E-state index < -0.39 is 22.7 Å². The number of anilines is 1. The van der Waals surface area contributed by atoms with Crippen molar-refractivity contribution < 1.29 is 22.8 Å². The molecule has 2 aromatic rings. The van der Waals surface area contributed by atoms with Gasteiger partial charge in [-0.3, -0.25) is 9.59 Å². The van der Waals surface area contributed by atoms with Crippen LogP contribution in [0.4, 0.5) is 18.9 Å². The summed E-state index contributed by atoms with van der Waals surface area (Å²) >= 11 is 6.54. The van der Waals surface area contributed by atoms with Gasteiger partial charge in [0.1, 0.15) is 0 Å². The van der Waals surface area contributed by atoms with E-state index in [1.165, 1.54) is 6.07 Å². The first-order valence-electron chi connectivity index (χ1n) is 8.43. The molecule has 0 radical (unpaired) electrons. The number of carbonyl (C=O) groups excluding carboxylic acids is 2. The van der Waals surface area contributed by atoms with Crippen molar-refractivity contribution in [2.75, 3.05) is 11.1 Å². The van der Waals surface area contributed by atoms with Gasteiger partial charge in [0.25, 0.3) is 5.91 Å². The number of amides is 2. The Kier molecular flexibility index (Phi) is 6.20. The monoisotopic (exact) mass is 428 g/mol. The van der Waals surface area contributed by atoms with E-state index in [-0.39, 0.29) is 22.6 Å². The van der Waals surface area contributed by atoms with Gasteiger partial charge < -0.3 is 10.6 Å². The Hall–Kier alpha value is -2.19. The molecule has 4 nitrogen and oxygen atoms in total. The van der Waals surface area contributed by atoms with Gasteiger partial charge in [0, 0.05) is 10.9 Å². The number of nitrogens with one attached hydrogen (secondary N) is 2. The Bertz CT molecular complexity index is 901. The fourth-order valence-corrected chi connectivity index (χ4v) is 3.39. The molecule has 0 bridgehead atoms. The van der Waals surface area contributed by atoms with Crippen LogP contribution in [0.2, 0.25) is 5.02 Å². The van der Waals surface area contributed by atoms with Crippen LogP contribution in [0.3, 0.4) is 0 Å². The van der Waals surface area contributed by atoms with Crippen molar-refractivity contribution in [3.63, 3.8) is 0 Å². The SMILES string of the molecule is O=C(CSc1ccc(Cl)c(C(F)(F)F)c1)Nc1ccccc1C(=O)NC1CC1. The second-order valence-corrected chi connectivity index (χ2v) is 7.73. The van der Waals surface area contributed by atoms with Gasteiger partial charge in [-0.15, -0.1) is 11.8 Å². The summed E-state index contributed by atoms with van der Waals surface area (Å²) in [6.45, 7) is 0. The van der Waals surface area contributed by atoms with Crippen molar-refractivity contribution in [1.29, 1.82) is 0 Å². The zero-order valence-electron chi connectivity index (χ0n) is 14.5. The lowest BCUT2D eigenvalue weighted by Crippen LogP contribution is -2.27. The molecule has 1 aliphatic rings. The lowest BCUT2D eigenvalue weighted by atomic mass is 10.1. The van der Waals surface area contributed by atoms with Crippen molar-refractivity contribution in [1.82, 2.24) is 5.32 Å². The van der Waals surface area contributed by atoms with Gasteiger partial charge in [0.05, 0.1) is 27.6 Å². The van der Waals surface area contributed by atoms with Crippen LogP contribution in [0, 0.1) is 0 Å². The minimum absolute atomic E-state index is 0.114. The zero-order chi connectivity index (χ0) is 20.3. The molecule has 0 aliphatic heterocycles. The van der Waals surface area contributed by atoms with Gasteiger partial charge in [0.15, 0.2) is 0 Å². The third-order valence-corrected chi connectivity index (χ3v) is 5.29. The number of benzene rings is 2. The van der Waals surface area contributed by atoms with Crippen LogP contribution in [-0.4, -0.2) is 23.6 Å². The maximum absolute atomic E-state index is 12.9. The molecular weight excluding hydrogens is 413 g/mol. The molecule has 0 spiro atoms. The van der Waals surface area contributed by atoms with Crippen LogP contribution in [0.1, 0.15) is 28.8 Å². The molecule has 1 fully saturated rings. The molecule has 0 saturated heterocycles. The Morgan fingerprint density at radius 2 is 1.86 bits per heavy atom. The van der Waals surface area contributed by atoms with Gasteiger partial charge in [-0.05, 0) is 43.2 Å². The number of hydrogen-bond acceptors (Lipinski definition) is 3. The molecule has 2 amide bonds. The van der Waals surface area contributed by atoms with Crippen LogP contribution >= 0.6 is 23.4 Å². The van der Waals surface area contributed by atoms with Crippen molar-refractivity contribution >= 4 is 40.9 Å². The van der Waals surface area contributed by atoms with E-state index in [0.29, 0.717) is 11.3 Å². The molecule has 3 rings (SSSR count). The summed E-state index contributed by atoms with van der Waals surface area (Å²) < 4.78 is 38.8. The van der Waals surface area contributed by atoms with E-state index in [1.54, 1.807) is 24.3 Å². The Morgan fingerprint density at radius 1 is 1.14 bits per heavy atom. The Balaban J connectivity index is 1.63. The smallest absolute Gasteiger partial charge is 0.349 e. The van der Waals surface area contributed by atoms with Crippen LogP contribution in [0.25, 0.3) is 0 Å². The highest BCUT2D eigenvalue weighted by Crippen LogP contribution is 2.37. The molecule has 0 unspecified atom stereocenters. The maximum Gasteiger partial charge on any atom is 0.417 e. The number of alkyl halides is 3. The fourth-order valence-electron chi connectivity index (χ4n) is 2.43. The number of para-hydroxylation sites is 1. The second kappa shape index (κ2) is 8.45. The summed E-state index contributed by atoms with van der Waals surface area (Å²) in [6, 6.07) is 10.3. The molecule has 2 aromatic carbocycles. The van der Waals surface area contributed by atoms with Gasteiger partial charge >= 0.3 is 6.18 Å². The molecule has 28 heavy (non-hydrogen) atoms. The van der Waals surface area contributed by atoms with E-state index in [1.807, 2.05) is 0 Å². The van der Waals surface area contributed by atoms with E-state index in [0.717, 1.165) is 36.7 Å². The molecule has 9 heteroatoms. The standard InChI is InChI=1S/C19H16ClF3N2O2S/c20-15-8-7-12(9-14(15)19(21,22)23)28-10-17(26)25-16-4-2-1-3-13(16)18(27)24-11-5-6-11/h1-4,7-9,11H,5-6,10H2,(H,24,27)(H,25,26). The fraction of sp³-hybridized carbons (Fsp3) is 0.263. The van der Waals surface area contributed by atoms with Crippen molar-refractivity contribution in [3.05, 3.63) is 58.6 Å². The van der Waals surface area contributed by atoms with Crippen LogP contribution in [0.5, 0.6) is 0 Å². The first-order chi connectivity index (χ1) is 13.2. The molecule has 1 aliphatic carbocycles. The summed E-state index contributed by atoms with van der Waals surface area (Å²) in [7, 11) is 0. The highest BCUT2D eigenvalue weighted by Gasteiger charge is 2.33. The highest BCUT2D eigenvalue weighted by atomic mass is 35.5. The summed E-state index contributed by atoms with van der Waals surface area (Å²) in [5.41, 5.74) is -0.237. The topological polar surface area (TPSA) is 58.2 Å². The van der Waals surface area contributed by atoms with Gasteiger partial charge in [-0.1, -0.05) is 23.7 Å². The summed E-state index contributed by atoms with van der Waals surface area (Å²) in [5, 5.41) is 5.10. The number of rotatable bonds is 6. The third kappa shape index (κ3) is 5.42. The average molecular weight is 429 g/mol. The highest BCUT2D eigenvalue weighted by molar-refractivity contribution is 8.00. The van der Waals surface area contributed by atoms with Crippen molar-refractivity contribution in [3.8, 4) is 0 Å². The molecule has 1 saturated carbocycles. The Labute approximate surface area is 168 Å². The van der Waals surface area contributed by atoms with Crippen LogP contribution in [0.15, 0.2) is 47.4 Å². The number of halogens is 4. The molecule has 148 valence electrons. The van der Waals surface area contributed by atoms with E-state index >= 15 is 0 Å². The lowest BCUT2D eigenvalue weighted by Gasteiger charge is -2.12. The largest absolute Gasteiger partial charge is 0.417 e. The number of carbonyl (C=O) groups is 2. The maximum atomic E-state index is 12.9. The van der Waals surface area contributed by atoms with E-state index in [2.05, 4.69) is 10.6 Å². The zero-order valence-corrected chi connectivity index (χ0v) is 16.0. The normalized spacial score (nSPS) is 13.9. The quantitative estimate of drug-likeness (QED) is 0.638. The molecule has 0 atom stereocenters. The predicted octanol–water partition coefficient (Wildman–Crippen LogP) is 4.98. The van der Waals surface area contributed by atoms with Crippen LogP contribution < -0.4 is 10.6 Å². The summed E-state index contributed by atoms with van der Waals surface area (Å²) in [4.78, 5) is 24.8. The van der Waals surface area contributed by atoms with Gasteiger partial charge in [0.2, 0.25) is 5.91 Å². The van der Waals surface area contributed by atoms with E-state index in [4.69, 9.17) is 11.6 Å². The van der Waals surface area contributed by atoms with Gasteiger partial charge in [-0.25, -0.2) is 0 Å². The third-order valence-electron chi connectivity index (χ3n) is 3.97. The van der Waals surface area contributed by atoms with Crippen LogP contribution in [-0.2, 0) is 11.0 Å². The molecular formula is C19H16ClF3N2O2S. The second-order valence-electron chi connectivity index (χ2n) is 6.27. The van der Waals surface area contributed by atoms with Crippen molar-refractivity contribution in [2.45, 2.75) is 30.0 Å². The Morgan fingerprint density at radius 3 is 2.54 bits per heavy atom. The number of thioether (sulfide) groups is 1. The van der Waals surface area contributed by atoms with Crippen molar-refractivity contribution in [2.24, 2.45) is 0 Å². The summed E-state index contributed by atoms with van der Waals surface area (Å²) in [6.07, 6.45) is -2.68.